The molecule has 0 bridgehead atoms. The molecule has 1 N–H and O–H groups in total. The van der Waals surface area contributed by atoms with Crippen molar-refractivity contribution in [3.63, 3.8) is 0 Å². The van der Waals surface area contributed by atoms with Gasteiger partial charge in [-0.15, -0.1) is 0 Å². The van der Waals surface area contributed by atoms with Crippen molar-refractivity contribution < 1.29 is 4.79 Å². The normalized spacial score (nSPS) is 11.3. The van der Waals surface area contributed by atoms with E-state index in [-0.39, 0.29) is 11.3 Å². The molecule has 26 heavy (non-hydrogen) atoms. The molecule has 0 aliphatic carbocycles. The van der Waals surface area contributed by atoms with Crippen molar-refractivity contribution in [3.05, 3.63) is 72.7 Å². The van der Waals surface area contributed by atoms with Crippen molar-refractivity contribution in [1.29, 1.82) is 0 Å². The Morgan fingerprint density at radius 1 is 1.04 bits per heavy atom. The summed E-state index contributed by atoms with van der Waals surface area (Å²) in [6.07, 6.45) is 4.74. The lowest BCUT2D eigenvalue weighted by atomic mass is 9.92. The Morgan fingerprint density at radius 2 is 1.73 bits per heavy atom. The van der Waals surface area contributed by atoms with E-state index in [2.05, 4.69) is 31.1 Å². The first-order valence-electron chi connectivity index (χ1n) is 8.90. The third-order valence-electron chi connectivity index (χ3n) is 4.24. The zero-order valence-electron chi connectivity index (χ0n) is 15.6. The van der Waals surface area contributed by atoms with E-state index < -0.39 is 0 Å². The third kappa shape index (κ3) is 4.60. The van der Waals surface area contributed by atoms with Gasteiger partial charge in [-0.2, -0.15) is 0 Å². The van der Waals surface area contributed by atoms with Gasteiger partial charge in [-0.25, -0.2) is 4.98 Å². The first-order chi connectivity index (χ1) is 12.4. The first-order valence-corrected chi connectivity index (χ1v) is 8.90. The van der Waals surface area contributed by atoms with Crippen LogP contribution in [0.25, 0.3) is 16.9 Å². The van der Waals surface area contributed by atoms with Crippen LogP contribution in [0.1, 0.15) is 37.6 Å². The lowest BCUT2D eigenvalue weighted by Gasteiger charge is -2.18. The van der Waals surface area contributed by atoms with E-state index in [1.165, 1.54) is 0 Å². The van der Waals surface area contributed by atoms with E-state index in [9.17, 15) is 4.79 Å². The van der Waals surface area contributed by atoms with Crippen molar-refractivity contribution in [2.45, 2.75) is 27.2 Å². The minimum absolute atomic E-state index is 0.0311. The van der Waals surface area contributed by atoms with Crippen LogP contribution in [-0.4, -0.2) is 22.0 Å². The van der Waals surface area contributed by atoms with Gasteiger partial charge in [0, 0.05) is 29.6 Å². The second-order valence-electron chi connectivity index (χ2n) is 7.65. The van der Waals surface area contributed by atoms with Gasteiger partial charge in [0.1, 0.15) is 0 Å². The number of hydrogen-bond donors (Lipinski definition) is 1. The van der Waals surface area contributed by atoms with Gasteiger partial charge in [0.05, 0.1) is 12.0 Å². The Balaban J connectivity index is 1.66. The average molecular weight is 347 g/mol. The molecule has 1 heterocycles. The highest BCUT2D eigenvalue weighted by Crippen LogP contribution is 2.19. The van der Waals surface area contributed by atoms with Crippen molar-refractivity contribution in [2.24, 2.45) is 5.41 Å². The fourth-order valence-corrected chi connectivity index (χ4v) is 2.66. The van der Waals surface area contributed by atoms with Gasteiger partial charge < -0.3 is 9.88 Å². The van der Waals surface area contributed by atoms with Crippen LogP contribution in [0.4, 0.5) is 0 Å². The van der Waals surface area contributed by atoms with Gasteiger partial charge in [-0.1, -0.05) is 51.1 Å². The molecular formula is C22H25N3O. The number of hydrogen-bond acceptors (Lipinski definition) is 2. The van der Waals surface area contributed by atoms with Gasteiger partial charge in [0.25, 0.3) is 5.91 Å². The van der Waals surface area contributed by atoms with Crippen LogP contribution < -0.4 is 5.32 Å². The fraction of sp³-hybridized carbons (Fsp3) is 0.273. The molecule has 0 saturated carbocycles. The van der Waals surface area contributed by atoms with E-state index >= 15 is 0 Å². The summed E-state index contributed by atoms with van der Waals surface area (Å²) in [7, 11) is 0. The van der Waals surface area contributed by atoms with Gasteiger partial charge in [-0.3, -0.25) is 4.79 Å². The molecule has 0 unspecified atom stereocenters. The fourth-order valence-electron chi connectivity index (χ4n) is 2.66. The number of imidazole rings is 1. The minimum Gasteiger partial charge on any atom is -0.352 e. The van der Waals surface area contributed by atoms with E-state index in [1.807, 2.05) is 65.4 Å². The van der Waals surface area contributed by atoms with Gasteiger partial charge in [-0.05, 0) is 36.1 Å². The van der Waals surface area contributed by atoms with Crippen molar-refractivity contribution in [1.82, 2.24) is 14.9 Å². The number of aromatic nitrogens is 2. The SMILES string of the molecule is CC(C)(C)CCNC(=O)c1ccc(-n2cnc(-c3ccccc3)c2)cc1. The third-order valence-corrected chi connectivity index (χ3v) is 4.24. The van der Waals surface area contributed by atoms with Crippen LogP contribution >= 0.6 is 0 Å². The number of rotatable bonds is 5. The number of amides is 1. The molecule has 0 radical (unpaired) electrons. The maximum absolute atomic E-state index is 12.2. The van der Waals surface area contributed by atoms with Gasteiger partial charge >= 0.3 is 0 Å². The van der Waals surface area contributed by atoms with Crippen LogP contribution in [0, 0.1) is 5.41 Å². The van der Waals surface area contributed by atoms with E-state index in [1.54, 1.807) is 6.33 Å². The predicted molar refractivity (Wildman–Crippen MR) is 105 cm³/mol. The molecule has 3 aromatic rings. The van der Waals surface area contributed by atoms with Gasteiger partial charge in [0.15, 0.2) is 0 Å². The Kier molecular flexibility index (Phi) is 5.21. The Labute approximate surface area is 154 Å². The second-order valence-corrected chi connectivity index (χ2v) is 7.65. The smallest absolute Gasteiger partial charge is 0.251 e. The highest BCUT2D eigenvalue weighted by Gasteiger charge is 2.11. The number of carbonyl (C=O) groups is 1. The minimum atomic E-state index is -0.0311. The monoisotopic (exact) mass is 347 g/mol. The molecule has 0 fully saturated rings. The molecule has 0 aliphatic rings. The molecule has 134 valence electrons. The molecule has 0 aliphatic heterocycles. The number of benzene rings is 2. The Morgan fingerprint density at radius 3 is 2.38 bits per heavy atom. The summed E-state index contributed by atoms with van der Waals surface area (Å²) in [4.78, 5) is 16.7. The van der Waals surface area contributed by atoms with Gasteiger partial charge in [0.2, 0.25) is 0 Å². The average Bonchev–Trinajstić information content (AvgIpc) is 3.11. The lowest BCUT2D eigenvalue weighted by molar-refractivity contribution is 0.0949. The molecule has 0 saturated heterocycles. The highest BCUT2D eigenvalue weighted by molar-refractivity contribution is 5.94. The summed E-state index contributed by atoms with van der Waals surface area (Å²) >= 11 is 0. The number of carbonyl (C=O) groups excluding carboxylic acids is 1. The summed E-state index contributed by atoms with van der Waals surface area (Å²) in [5.74, 6) is -0.0311. The lowest BCUT2D eigenvalue weighted by Crippen LogP contribution is -2.27. The van der Waals surface area contributed by atoms with Crippen molar-refractivity contribution >= 4 is 5.91 Å². The maximum atomic E-state index is 12.2. The summed E-state index contributed by atoms with van der Waals surface area (Å²) in [6, 6.07) is 17.7. The van der Waals surface area contributed by atoms with Crippen LogP contribution in [0.3, 0.4) is 0 Å². The quantitative estimate of drug-likeness (QED) is 0.727. The summed E-state index contributed by atoms with van der Waals surface area (Å²) < 4.78 is 1.96. The molecular weight excluding hydrogens is 322 g/mol. The van der Waals surface area contributed by atoms with E-state index in [4.69, 9.17) is 0 Å². The molecule has 0 atom stereocenters. The van der Waals surface area contributed by atoms with Crippen molar-refractivity contribution in [2.75, 3.05) is 6.54 Å². The largest absolute Gasteiger partial charge is 0.352 e. The summed E-state index contributed by atoms with van der Waals surface area (Å²) in [5, 5.41) is 2.98. The highest BCUT2D eigenvalue weighted by atomic mass is 16.1. The van der Waals surface area contributed by atoms with Crippen LogP contribution in [0.2, 0.25) is 0 Å². The van der Waals surface area contributed by atoms with Crippen LogP contribution in [0.5, 0.6) is 0 Å². The molecule has 1 amide bonds. The molecule has 4 nitrogen and oxygen atoms in total. The summed E-state index contributed by atoms with van der Waals surface area (Å²) in [5.41, 5.74) is 3.88. The first kappa shape index (κ1) is 17.9. The topological polar surface area (TPSA) is 46.9 Å². The zero-order valence-corrected chi connectivity index (χ0v) is 15.6. The van der Waals surface area contributed by atoms with Crippen molar-refractivity contribution in [3.8, 4) is 16.9 Å². The maximum Gasteiger partial charge on any atom is 0.251 e. The second kappa shape index (κ2) is 7.56. The standard InChI is InChI=1S/C22H25N3O/c1-22(2,3)13-14-23-21(26)18-9-11-19(12-10-18)25-15-20(24-16-25)17-7-5-4-6-8-17/h4-12,15-16H,13-14H2,1-3H3,(H,23,26). The molecule has 2 aromatic carbocycles. The number of nitrogens with zero attached hydrogens (tertiary/aromatic N) is 2. The predicted octanol–water partition coefficient (Wildman–Crippen LogP) is 4.71. The van der Waals surface area contributed by atoms with Crippen LogP contribution in [0.15, 0.2) is 67.1 Å². The molecule has 1 aromatic heterocycles. The van der Waals surface area contributed by atoms with E-state index in [0.29, 0.717) is 12.1 Å². The molecule has 0 spiro atoms. The Hall–Kier alpha value is -2.88. The summed E-state index contributed by atoms with van der Waals surface area (Å²) in [6.45, 7) is 7.19. The Bertz CT molecular complexity index is 858. The van der Waals surface area contributed by atoms with Crippen LogP contribution in [-0.2, 0) is 0 Å². The molecule has 4 heteroatoms. The molecule has 3 rings (SSSR count). The van der Waals surface area contributed by atoms with E-state index in [0.717, 1.165) is 23.4 Å². The number of nitrogens with one attached hydrogen (secondary N) is 1. The zero-order chi connectivity index (χ0) is 18.6.